The highest BCUT2D eigenvalue weighted by atomic mass is 32.2. The molecule has 0 saturated carbocycles. The molecule has 37 heavy (non-hydrogen) atoms. The van der Waals surface area contributed by atoms with Gasteiger partial charge in [0, 0.05) is 32.6 Å². The third kappa shape index (κ3) is 5.14. The minimum Gasteiger partial charge on any atom is -0.480 e. The largest absolute Gasteiger partial charge is 0.480 e. The van der Waals surface area contributed by atoms with Gasteiger partial charge in [-0.1, -0.05) is 38.1 Å². The Morgan fingerprint density at radius 3 is 1.92 bits per heavy atom. The summed E-state index contributed by atoms with van der Waals surface area (Å²) in [6.45, 7) is 4.60. The van der Waals surface area contributed by atoms with Crippen molar-refractivity contribution in [1.29, 1.82) is 0 Å². The lowest BCUT2D eigenvalue weighted by Gasteiger charge is -2.34. The maximum atomic E-state index is 13.0. The summed E-state index contributed by atoms with van der Waals surface area (Å²) in [5.74, 6) is -2.84. The molecule has 3 amide bonds. The number of fused-ring (bicyclic) bond motifs is 1. The minimum atomic E-state index is -3.70. The highest BCUT2D eigenvalue weighted by molar-refractivity contribution is 7.89. The van der Waals surface area contributed by atoms with Crippen molar-refractivity contribution in [2.24, 2.45) is 0 Å². The molecule has 0 unspecified atom stereocenters. The molecule has 0 aliphatic carbocycles. The molecule has 4 rings (SSSR count). The Morgan fingerprint density at radius 2 is 1.43 bits per heavy atom. The third-order valence-electron chi connectivity index (χ3n) is 6.83. The number of rotatable bonds is 8. The van der Waals surface area contributed by atoms with Gasteiger partial charge >= 0.3 is 5.97 Å². The second kappa shape index (κ2) is 10.4. The number of carboxylic acids is 1. The number of imide groups is 1. The number of hydrogen-bond acceptors (Lipinski definition) is 6. The molecule has 0 bridgehead atoms. The number of amides is 3. The third-order valence-corrected chi connectivity index (χ3v) is 8.74. The molecule has 0 spiro atoms. The Hall–Kier alpha value is -3.57. The summed E-state index contributed by atoms with van der Waals surface area (Å²) in [6, 6.07) is 11.4. The van der Waals surface area contributed by atoms with E-state index in [0.29, 0.717) is 4.90 Å². The van der Waals surface area contributed by atoms with Crippen molar-refractivity contribution in [3.05, 3.63) is 65.2 Å². The highest BCUT2D eigenvalue weighted by Gasteiger charge is 2.43. The minimum absolute atomic E-state index is 0.112. The first-order valence-corrected chi connectivity index (χ1v) is 13.5. The summed E-state index contributed by atoms with van der Waals surface area (Å²) < 4.78 is 27.4. The second-order valence-electron chi connectivity index (χ2n) is 9.43. The Bertz CT molecular complexity index is 1300. The van der Waals surface area contributed by atoms with Gasteiger partial charge in [0.2, 0.25) is 15.9 Å². The Balaban J connectivity index is 1.35. The number of sulfonamides is 1. The molecular formula is C26H29N3O7S. The van der Waals surface area contributed by atoms with Gasteiger partial charge in [0.05, 0.1) is 16.0 Å². The van der Waals surface area contributed by atoms with Crippen molar-refractivity contribution < 1.29 is 32.7 Å². The van der Waals surface area contributed by atoms with E-state index >= 15 is 0 Å². The van der Waals surface area contributed by atoms with Crippen molar-refractivity contribution in [1.82, 2.24) is 14.1 Å². The van der Waals surface area contributed by atoms with Gasteiger partial charge in [-0.15, -0.1) is 0 Å². The zero-order valence-electron chi connectivity index (χ0n) is 20.7. The van der Waals surface area contributed by atoms with E-state index in [-0.39, 0.29) is 66.9 Å². The van der Waals surface area contributed by atoms with Crippen LogP contribution in [0.1, 0.15) is 58.9 Å². The highest BCUT2D eigenvalue weighted by Crippen LogP contribution is 2.27. The van der Waals surface area contributed by atoms with Crippen LogP contribution in [-0.4, -0.2) is 83.5 Å². The molecule has 10 nitrogen and oxygen atoms in total. The van der Waals surface area contributed by atoms with Crippen molar-refractivity contribution in [2.75, 3.05) is 26.2 Å². The van der Waals surface area contributed by atoms with Crippen molar-refractivity contribution in [2.45, 2.75) is 43.5 Å². The molecule has 11 heteroatoms. The molecule has 2 aromatic rings. The zero-order valence-corrected chi connectivity index (χ0v) is 21.5. The van der Waals surface area contributed by atoms with E-state index in [1.54, 1.807) is 36.4 Å². The lowest BCUT2D eigenvalue weighted by atomic mass is 10.0. The average molecular weight is 528 g/mol. The van der Waals surface area contributed by atoms with Gasteiger partial charge < -0.3 is 10.0 Å². The number of benzene rings is 2. The molecule has 1 atom stereocenters. The molecule has 196 valence electrons. The molecule has 1 N–H and O–H groups in total. The van der Waals surface area contributed by atoms with Crippen LogP contribution < -0.4 is 0 Å². The van der Waals surface area contributed by atoms with Crippen LogP contribution in [0.5, 0.6) is 0 Å². The number of nitrogens with zero attached hydrogens (tertiary/aromatic N) is 3. The average Bonchev–Trinajstić information content (AvgIpc) is 3.14. The molecule has 1 saturated heterocycles. The van der Waals surface area contributed by atoms with Gasteiger partial charge in [-0.3, -0.25) is 19.3 Å². The summed E-state index contributed by atoms with van der Waals surface area (Å²) in [7, 11) is -3.70. The fourth-order valence-corrected chi connectivity index (χ4v) is 6.05. The second-order valence-corrected chi connectivity index (χ2v) is 11.4. The predicted molar refractivity (Wildman–Crippen MR) is 133 cm³/mol. The molecule has 1 fully saturated rings. The number of hydrogen-bond donors (Lipinski definition) is 1. The van der Waals surface area contributed by atoms with Gasteiger partial charge in [0.25, 0.3) is 11.8 Å². The van der Waals surface area contributed by atoms with Crippen LogP contribution in [0.15, 0.2) is 53.4 Å². The normalized spacial score (nSPS) is 17.3. The van der Waals surface area contributed by atoms with Crippen LogP contribution in [0.25, 0.3) is 0 Å². The first-order valence-electron chi connectivity index (χ1n) is 12.1. The smallest absolute Gasteiger partial charge is 0.326 e. The molecule has 2 heterocycles. The molecule has 2 aliphatic rings. The summed E-state index contributed by atoms with van der Waals surface area (Å²) >= 11 is 0. The van der Waals surface area contributed by atoms with Crippen LogP contribution in [-0.2, 0) is 19.6 Å². The Morgan fingerprint density at radius 1 is 0.892 bits per heavy atom. The van der Waals surface area contributed by atoms with E-state index in [9.17, 15) is 32.7 Å². The summed E-state index contributed by atoms with van der Waals surface area (Å²) in [5.41, 5.74) is 1.32. The van der Waals surface area contributed by atoms with Crippen molar-refractivity contribution >= 4 is 33.7 Å². The van der Waals surface area contributed by atoms with E-state index in [4.69, 9.17) is 0 Å². The first kappa shape index (κ1) is 26.5. The van der Waals surface area contributed by atoms with Crippen LogP contribution in [0.2, 0.25) is 0 Å². The summed E-state index contributed by atoms with van der Waals surface area (Å²) in [6.07, 6.45) is -0.436. The maximum absolute atomic E-state index is 13.0. The standard InChI is InChI=1S/C26H29N3O7S/c1-17(2)18-7-9-19(10-8-18)37(35,36)28-15-13-27(14-16-28)23(30)12-11-22(26(33)34)29-24(31)20-5-3-4-6-21(20)25(29)32/h3-10,17,22H,11-16H2,1-2H3,(H,33,34)/t22-/m0/s1. The molecular weight excluding hydrogens is 498 g/mol. The lowest BCUT2D eigenvalue weighted by Crippen LogP contribution is -2.51. The predicted octanol–water partition coefficient (Wildman–Crippen LogP) is 2.17. The number of aliphatic carboxylic acids is 1. The molecule has 0 radical (unpaired) electrons. The topological polar surface area (TPSA) is 132 Å². The van der Waals surface area contributed by atoms with Gasteiger partial charge in [-0.2, -0.15) is 4.31 Å². The monoisotopic (exact) mass is 527 g/mol. The molecule has 0 aromatic heterocycles. The van der Waals surface area contributed by atoms with Gasteiger partial charge in [0.15, 0.2) is 0 Å². The SMILES string of the molecule is CC(C)c1ccc(S(=O)(=O)N2CCN(C(=O)CC[C@@H](C(=O)O)N3C(=O)c4ccccc4C3=O)CC2)cc1. The van der Waals surface area contributed by atoms with Gasteiger partial charge in [-0.25, -0.2) is 13.2 Å². The number of carboxylic acid groups (broad SMARTS) is 1. The van der Waals surface area contributed by atoms with E-state index in [0.717, 1.165) is 5.56 Å². The lowest BCUT2D eigenvalue weighted by molar-refractivity contribution is -0.142. The van der Waals surface area contributed by atoms with Crippen LogP contribution in [0.4, 0.5) is 0 Å². The van der Waals surface area contributed by atoms with E-state index < -0.39 is 33.8 Å². The summed E-state index contributed by atoms with van der Waals surface area (Å²) in [5, 5.41) is 9.71. The van der Waals surface area contributed by atoms with Gasteiger partial charge in [0.1, 0.15) is 6.04 Å². The maximum Gasteiger partial charge on any atom is 0.326 e. The number of carbonyl (C=O) groups is 4. The van der Waals surface area contributed by atoms with Crippen LogP contribution in [0.3, 0.4) is 0 Å². The summed E-state index contributed by atoms with van der Waals surface area (Å²) in [4.78, 5) is 52.5. The quantitative estimate of drug-likeness (QED) is 0.520. The van der Waals surface area contributed by atoms with E-state index in [2.05, 4.69) is 0 Å². The number of carbonyl (C=O) groups excluding carboxylic acids is 3. The fraction of sp³-hybridized carbons (Fsp3) is 0.385. The van der Waals surface area contributed by atoms with Crippen LogP contribution >= 0.6 is 0 Å². The fourth-order valence-electron chi connectivity index (χ4n) is 4.62. The number of piperazine rings is 1. The Labute approximate surface area is 215 Å². The van der Waals surface area contributed by atoms with E-state index in [1.807, 2.05) is 13.8 Å². The van der Waals surface area contributed by atoms with Gasteiger partial charge in [-0.05, 0) is 42.2 Å². The van der Waals surface area contributed by atoms with Crippen molar-refractivity contribution in [3.63, 3.8) is 0 Å². The van der Waals surface area contributed by atoms with Crippen LogP contribution in [0, 0.1) is 0 Å². The Kier molecular flexibility index (Phi) is 7.47. The first-order chi connectivity index (χ1) is 17.5. The van der Waals surface area contributed by atoms with Crippen molar-refractivity contribution in [3.8, 4) is 0 Å². The zero-order chi connectivity index (χ0) is 26.9. The van der Waals surface area contributed by atoms with E-state index in [1.165, 1.54) is 21.3 Å². The molecule has 2 aromatic carbocycles. The molecule has 2 aliphatic heterocycles.